The molecule has 0 bridgehead atoms. The van der Waals surface area contributed by atoms with Crippen LogP contribution >= 0.6 is 0 Å². The second-order valence-corrected chi connectivity index (χ2v) is 12.1. The van der Waals surface area contributed by atoms with E-state index in [0.29, 0.717) is 31.8 Å². The van der Waals surface area contributed by atoms with Gasteiger partial charge in [0.1, 0.15) is 5.56 Å². The summed E-state index contributed by atoms with van der Waals surface area (Å²) in [6.45, 7) is 6.28. The lowest BCUT2D eigenvalue weighted by Crippen LogP contribution is -2.49. The molecule has 2 fully saturated rings. The van der Waals surface area contributed by atoms with Crippen molar-refractivity contribution in [2.24, 2.45) is 11.8 Å². The summed E-state index contributed by atoms with van der Waals surface area (Å²) in [6.07, 6.45) is -1.46. The normalized spacial score (nSPS) is 22.2. The number of morpholine rings is 1. The molecular weight excluding hydrogens is 614 g/mol. The molecule has 0 spiro atoms. The first-order valence-corrected chi connectivity index (χ1v) is 15.3. The minimum Gasteiger partial charge on any atom is -0.478 e. The first-order chi connectivity index (χ1) is 21.7. The maximum absolute atomic E-state index is 15.8. The van der Waals surface area contributed by atoms with Gasteiger partial charge in [-0.25, -0.2) is 14.2 Å². The number of amides is 1. The highest BCUT2D eigenvalue weighted by Gasteiger charge is 2.39. The third-order valence-corrected chi connectivity index (χ3v) is 8.36. The van der Waals surface area contributed by atoms with Crippen LogP contribution in [-0.2, 0) is 25.2 Å². The summed E-state index contributed by atoms with van der Waals surface area (Å²) in [4.78, 5) is 33.2. The second kappa shape index (κ2) is 14.9. The molecule has 4 rings (SSSR count). The minimum absolute atomic E-state index is 0.0481. The number of halogens is 4. The molecule has 2 aliphatic rings. The van der Waals surface area contributed by atoms with Crippen LogP contribution in [0.4, 0.5) is 28.9 Å². The number of ether oxygens (including phenoxy) is 4. The van der Waals surface area contributed by atoms with Gasteiger partial charge in [-0.15, -0.1) is 0 Å². The Bertz CT molecular complexity index is 1370. The van der Waals surface area contributed by atoms with Crippen molar-refractivity contribution in [2.45, 2.75) is 70.9 Å². The highest BCUT2D eigenvalue weighted by atomic mass is 19.4. The summed E-state index contributed by atoms with van der Waals surface area (Å²) < 4.78 is 80.1. The monoisotopic (exact) mass is 655 g/mol. The lowest BCUT2D eigenvalue weighted by molar-refractivity contribution is -0.138. The van der Waals surface area contributed by atoms with Gasteiger partial charge in [0.25, 0.3) is 0 Å². The van der Waals surface area contributed by atoms with Crippen LogP contribution in [0.1, 0.15) is 62.4 Å². The molecule has 46 heavy (non-hydrogen) atoms. The Labute approximate surface area is 265 Å². The van der Waals surface area contributed by atoms with E-state index < -0.39 is 58.6 Å². The molecule has 1 aromatic heterocycles. The Morgan fingerprint density at radius 1 is 1.04 bits per heavy atom. The number of alkyl halides is 3. The highest BCUT2D eigenvalue weighted by Crippen LogP contribution is 2.41. The molecule has 14 heteroatoms. The van der Waals surface area contributed by atoms with Crippen molar-refractivity contribution < 1.29 is 51.2 Å². The predicted molar refractivity (Wildman–Crippen MR) is 161 cm³/mol. The van der Waals surface area contributed by atoms with Crippen LogP contribution in [0, 0.1) is 17.7 Å². The smallest absolute Gasteiger partial charge is 0.421 e. The third-order valence-electron chi connectivity index (χ3n) is 8.36. The molecule has 254 valence electrons. The lowest BCUT2D eigenvalue weighted by atomic mass is 9.82. The number of anilines is 2. The van der Waals surface area contributed by atoms with E-state index >= 15 is 4.39 Å². The molecular formula is C32H41F4N3O7. The zero-order valence-electron chi connectivity index (χ0n) is 26.6. The van der Waals surface area contributed by atoms with Gasteiger partial charge < -0.3 is 33.9 Å². The van der Waals surface area contributed by atoms with Gasteiger partial charge in [-0.05, 0) is 51.5 Å². The maximum Gasteiger partial charge on any atom is 0.421 e. The molecule has 1 saturated carbocycles. The largest absolute Gasteiger partial charge is 0.478 e. The Balaban J connectivity index is 1.75. The van der Waals surface area contributed by atoms with Crippen LogP contribution in [0.25, 0.3) is 0 Å². The van der Waals surface area contributed by atoms with Crippen molar-refractivity contribution in [2.75, 3.05) is 50.3 Å². The lowest BCUT2D eigenvalue weighted by Gasteiger charge is -2.37. The maximum atomic E-state index is 15.8. The number of hydrogen-bond acceptors (Lipinski definition) is 8. The van der Waals surface area contributed by atoms with Crippen molar-refractivity contribution in [1.29, 1.82) is 0 Å². The van der Waals surface area contributed by atoms with E-state index in [1.165, 1.54) is 25.3 Å². The molecule has 10 nitrogen and oxygen atoms in total. The van der Waals surface area contributed by atoms with Crippen molar-refractivity contribution in [1.82, 2.24) is 4.98 Å². The molecule has 1 saturated heterocycles. The van der Waals surface area contributed by atoms with Gasteiger partial charge in [-0.2, -0.15) is 13.2 Å². The highest BCUT2D eigenvalue weighted by molar-refractivity contribution is 6.03. The summed E-state index contributed by atoms with van der Waals surface area (Å²) in [5.41, 5.74) is -1.92. The van der Waals surface area contributed by atoms with Gasteiger partial charge in [0, 0.05) is 45.4 Å². The fraction of sp³-hybridized carbons (Fsp3) is 0.594. The molecule has 2 unspecified atom stereocenters. The molecule has 1 aliphatic heterocycles. The van der Waals surface area contributed by atoms with Gasteiger partial charge in [0.05, 0.1) is 54.6 Å². The number of carbonyl (C=O) groups is 2. The van der Waals surface area contributed by atoms with E-state index in [1.54, 1.807) is 4.90 Å². The average molecular weight is 656 g/mol. The molecule has 1 amide bonds. The summed E-state index contributed by atoms with van der Waals surface area (Å²) in [5, 5.41) is 10.2. The fourth-order valence-corrected chi connectivity index (χ4v) is 6.16. The quantitative estimate of drug-likeness (QED) is 0.285. The van der Waals surface area contributed by atoms with E-state index in [0.717, 1.165) is 31.0 Å². The molecule has 1 N–H and O–H groups in total. The number of rotatable bonds is 11. The van der Waals surface area contributed by atoms with Gasteiger partial charge >= 0.3 is 12.1 Å². The van der Waals surface area contributed by atoms with Gasteiger partial charge in [-0.1, -0.05) is 6.92 Å². The number of hydrogen-bond donors (Lipinski definition) is 1. The number of benzene rings is 1. The number of nitrogens with zero attached hydrogens (tertiary/aromatic N) is 3. The topological polar surface area (TPSA) is 111 Å². The standard InChI is InChI=1S/C32H41F4N3O7/c1-18-6-8-21(9-7-18)30(40)39(23(16-43-4)17-44-5)27-12-26(33)28(11-24(27)31(41)42)46-29-25(32(34,35)36)10-22(13-37-29)38-14-19(2)45-20(3)15-38/h10-13,18-21,23H,6-9,14-17H2,1-5H3,(H,41,42). The molecule has 2 atom stereocenters. The zero-order chi connectivity index (χ0) is 33.8. The number of carboxylic acids is 1. The number of methoxy groups -OCH3 is 2. The van der Waals surface area contributed by atoms with Crippen molar-refractivity contribution >= 4 is 23.3 Å². The van der Waals surface area contributed by atoms with Crippen molar-refractivity contribution in [3.05, 3.63) is 41.3 Å². The Kier molecular flexibility index (Phi) is 11.5. The summed E-state index contributed by atoms with van der Waals surface area (Å²) in [5.74, 6) is -4.90. The van der Waals surface area contributed by atoms with Crippen molar-refractivity contribution in [3.8, 4) is 11.6 Å². The summed E-state index contributed by atoms with van der Waals surface area (Å²) >= 11 is 0. The minimum atomic E-state index is -4.93. The average Bonchev–Trinajstić information content (AvgIpc) is 2.98. The SMILES string of the molecule is COCC(COC)N(C(=O)C1CCC(C)CC1)c1cc(F)c(Oc2ncc(N3CC(C)OC(C)C3)cc2C(F)(F)F)cc1C(=O)O. The first-order valence-electron chi connectivity index (χ1n) is 15.3. The van der Waals surface area contributed by atoms with E-state index in [-0.39, 0.29) is 36.8 Å². The second-order valence-electron chi connectivity index (χ2n) is 12.1. The number of carbonyl (C=O) groups excluding carboxylic acids is 1. The van der Waals surface area contributed by atoms with Crippen LogP contribution in [0.3, 0.4) is 0 Å². The van der Waals surface area contributed by atoms with Crippen LogP contribution in [0.15, 0.2) is 24.4 Å². The Morgan fingerprint density at radius 2 is 1.65 bits per heavy atom. The predicted octanol–water partition coefficient (Wildman–Crippen LogP) is 6.16. The zero-order valence-corrected chi connectivity index (χ0v) is 26.6. The first kappa shape index (κ1) is 35.4. The number of aromatic nitrogens is 1. The van der Waals surface area contributed by atoms with Gasteiger partial charge in [0.15, 0.2) is 11.6 Å². The Hall–Kier alpha value is -3.49. The van der Waals surface area contributed by atoms with E-state index in [1.807, 2.05) is 13.8 Å². The van der Waals surface area contributed by atoms with Crippen LogP contribution in [0.2, 0.25) is 0 Å². The summed E-state index contributed by atoms with van der Waals surface area (Å²) in [7, 11) is 2.81. The molecule has 1 aliphatic carbocycles. The molecule has 2 aromatic rings. The van der Waals surface area contributed by atoms with Gasteiger partial charge in [0.2, 0.25) is 11.8 Å². The molecule has 0 radical (unpaired) electrons. The molecule has 1 aromatic carbocycles. The number of pyridine rings is 1. The van der Waals surface area contributed by atoms with Crippen LogP contribution in [-0.4, -0.2) is 80.7 Å². The van der Waals surface area contributed by atoms with Crippen LogP contribution < -0.4 is 14.5 Å². The number of carboxylic acid groups (broad SMARTS) is 1. The summed E-state index contributed by atoms with van der Waals surface area (Å²) in [6, 6.07) is 1.61. The Morgan fingerprint density at radius 3 is 2.20 bits per heavy atom. The van der Waals surface area contributed by atoms with E-state index in [9.17, 15) is 27.9 Å². The van der Waals surface area contributed by atoms with E-state index in [2.05, 4.69) is 11.9 Å². The fourth-order valence-electron chi connectivity index (χ4n) is 6.16. The van der Waals surface area contributed by atoms with Crippen LogP contribution in [0.5, 0.6) is 11.6 Å². The van der Waals surface area contributed by atoms with E-state index in [4.69, 9.17) is 18.9 Å². The third kappa shape index (κ3) is 8.26. The van der Waals surface area contributed by atoms with Gasteiger partial charge in [-0.3, -0.25) is 4.79 Å². The number of aromatic carboxylic acids is 1. The van der Waals surface area contributed by atoms with Crippen molar-refractivity contribution in [3.63, 3.8) is 0 Å². The molecule has 2 heterocycles.